The molecular weight excluding hydrogens is 322 g/mol. The van der Waals surface area contributed by atoms with Crippen LogP contribution < -0.4 is 0 Å². The molecule has 2 aliphatic rings. The van der Waals surface area contributed by atoms with E-state index in [1.807, 2.05) is 17.8 Å². The standard InChI is InChI=1S/C14H16ClN5OS/c1-8-13(22-18-17-8)14(21)20-10-2-3-11(20)5-12(4-10)19-7-9(15)6-16-19/h6-7,10-12H,2-5H2,1H3. The van der Waals surface area contributed by atoms with E-state index in [4.69, 9.17) is 11.6 Å². The zero-order valence-corrected chi connectivity index (χ0v) is 13.7. The Kier molecular flexibility index (Phi) is 3.41. The number of hydrogen-bond acceptors (Lipinski definition) is 5. The summed E-state index contributed by atoms with van der Waals surface area (Å²) in [5.74, 6) is 0.0944. The topological polar surface area (TPSA) is 63.9 Å². The van der Waals surface area contributed by atoms with Crippen LogP contribution in [-0.2, 0) is 0 Å². The lowest BCUT2D eigenvalue weighted by Gasteiger charge is -2.38. The third-order valence-corrected chi connectivity index (χ3v) is 5.74. The lowest BCUT2D eigenvalue weighted by Crippen LogP contribution is -2.47. The third-order valence-electron chi connectivity index (χ3n) is 4.73. The molecule has 0 saturated carbocycles. The number of amides is 1. The Hall–Kier alpha value is -1.47. The van der Waals surface area contributed by atoms with E-state index in [0.717, 1.165) is 31.4 Å². The molecule has 2 aromatic heterocycles. The van der Waals surface area contributed by atoms with Crippen LogP contribution in [0.3, 0.4) is 0 Å². The number of piperidine rings is 1. The molecule has 4 rings (SSSR count). The van der Waals surface area contributed by atoms with Gasteiger partial charge in [-0.05, 0) is 44.1 Å². The average molecular weight is 338 g/mol. The molecule has 4 heterocycles. The first-order chi connectivity index (χ1) is 10.6. The van der Waals surface area contributed by atoms with Gasteiger partial charge >= 0.3 is 0 Å². The van der Waals surface area contributed by atoms with Gasteiger partial charge < -0.3 is 4.90 Å². The molecule has 0 spiro atoms. The number of carbonyl (C=O) groups excluding carboxylic acids is 1. The fraction of sp³-hybridized carbons (Fsp3) is 0.571. The predicted octanol–water partition coefficient (Wildman–Crippen LogP) is 2.70. The van der Waals surface area contributed by atoms with E-state index in [-0.39, 0.29) is 18.0 Å². The van der Waals surface area contributed by atoms with E-state index in [2.05, 4.69) is 19.6 Å². The van der Waals surface area contributed by atoms with Gasteiger partial charge in [-0.2, -0.15) is 5.10 Å². The van der Waals surface area contributed by atoms with E-state index in [1.54, 1.807) is 6.20 Å². The molecule has 1 amide bonds. The SMILES string of the molecule is Cc1nnsc1C(=O)N1C2CCC1CC(n1cc(Cl)cn1)C2. The first-order valence-corrected chi connectivity index (χ1v) is 8.60. The van der Waals surface area contributed by atoms with Crippen molar-refractivity contribution < 1.29 is 4.79 Å². The largest absolute Gasteiger partial charge is 0.332 e. The van der Waals surface area contributed by atoms with Crippen molar-refractivity contribution in [3.05, 3.63) is 28.0 Å². The van der Waals surface area contributed by atoms with Crippen molar-refractivity contribution >= 4 is 29.0 Å². The lowest BCUT2D eigenvalue weighted by atomic mass is 9.97. The summed E-state index contributed by atoms with van der Waals surface area (Å²) >= 11 is 7.17. The van der Waals surface area contributed by atoms with Gasteiger partial charge in [0, 0.05) is 18.3 Å². The van der Waals surface area contributed by atoms with E-state index in [1.165, 1.54) is 11.5 Å². The zero-order valence-electron chi connectivity index (χ0n) is 12.1. The minimum atomic E-state index is 0.0944. The molecule has 0 aromatic carbocycles. The van der Waals surface area contributed by atoms with E-state index >= 15 is 0 Å². The molecule has 2 aromatic rings. The maximum absolute atomic E-state index is 12.8. The van der Waals surface area contributed by atoms with Crippen LogP contribution in [0.5, 0.6) is 0 Å². The van der Waals surface area contributed by atoms with Crippen molar-refractivity contribution in [1.29, 1.82) is 0 Å². The highest BCUT2D eigenvalue weighted by Crippen LogP contribution is 2.41. The van der Waals surface area contributed by atoms with Crippen molar-refractivity contribution in [3.63, 3.8) is 0 Å². The predicted molar refractivity (Wildman–Crippen MR) is 83.1 cm³/mol. The highest BCUT2D eigenvalue weighted by Gasteiger charge is 2.44. The van der Waals surface area contributed by atoms with Gasteiger partial charge in [-0.1, -0.05) is 16.1 Å². The monoisotopic (exact) mass is 337 g/mol. The number of aryl methyl sites for hydroxylation is 1. The minimum Gasteiger partial charge on any atom is -0.332 e. The zero-order chi connectivity index (χ0) is 15.3. The molecule has 2 unspecified atom stereocenters. The van der Waals surface area contributed by atoms with E-state index in [9.17, 15) is 4.79 Å². The molecule has 2 bridgehead atoms. The van der Waals surface area contributed by atoms with Crippen molar-refractivity contribution in [2.45, 2.75) is 50.7 Å². The fourth-order valence-electron chi connectivity index (χ4n) is 3.76. The molecule has 2 atom stereocenters. The Bertz CT molecular complexity index is 700. The Balaban J connectivity index is 1.56. The van der Waals surface area contributed by atoms with Crippen LogP contribution in [0.2, 0.25) is 5.02 Å². The molecule has 2 saturated heterocycles. The summed E-state index contributed by atoms with van der Waals surface area (Å²) < 4.78 is 5.84. The number of hydrogen-bond donors (Lipinski definition) is 0. The van der Waals surface area contributed by atoms with Crippen molar-refractivity contribution in [1.82, 2.24) is 24.3 Å². The van der Waals surface area contributed by atoms with Gasteiger partial charge in [0.15, 0.2) is 0 Å². The smallest absolute Gasteiger partial charge is 0.268 e. The summed E-state index contributed by atoms with van der Waals surface area (Å²) in [5.41, 5.74) is 0.732. The van der Waals surface area contributed by atoms with Crippen LogP contribution in [0.4, 0.5) is 0 Å². The molecule has 2 aliphatic heterocycles. The van der Waals surface area contributed by atoms with Crippen LogP contribution in [0.15, 0.2) is 12.4 Å². The number of rotatable bonds is 2. The Morgan fingerprint density at radius 3 is 2.59 bits per heavy atom. The van der Waals surface area contributed by atoms with Gasteiger partial charge in [0.05, 0.1) is 23.0 Å². The molecule has 0 radical (unpaired) electrons. The van der Waals surface area contributed by atoms with Crippen LogP contribution in [0.25, 0.3) is 0 Å². The number of aromatic nitrogens is 4. The van der Waals surface area contributed by atoms with Gasteiger partial charge in [0.1, 0.15) is 4.88 Å². The summed E-state index contributed by atoms with van der Waals surface area (Å²) in [6, 6.07) is 0.885. The molecule has 2 fully saturated rings. The number of nitrogens with zero attached hydrogens (tertiary/aromatic N) is 5. The highest BCUT2D eigenvalue weighted by atomic mass is 35.5. The second-order valence-electron chi connectivity index (χ2n) is 6.05. The van der Waals surface area contributed by atoms with Gasteiger partial charge in [0.25, 0.3) is 5.91 Å². The van der Waals surface area contributed by atoms with E-state index in [0.29, 0.717) is 15.9 Å². The number of fused-ring (bicyclic) bond motifs is 2. The van der Waals surface area contributed by atoms with Crippen molar-refractivity contribution in [3.8, 4) is 0 Å². The quantitative estimate of drug-likeness (QED) is 0.845. The number of halogens is 1. The van der Waals surface area contributed by atoms with Crippen molar-refractivity contribution in [2.24, 2.45) is 0 Å². The van der Waals surface area contributed by atoms with Crippen molar-refractivity contribution in [2.75, 3.05) is 0 Å². The molecular formula is C14H16ClN5OS. The lowest BCUT2D eigenvalue weighted by molar-refractivity contribution is 0.0528. The highest BCUT2D eigenvalue weighted by molar-refractivity contribution is 7.07. The molecule has 0 aliphatic carbocycles. The maximum atomic E-state index is 12.8. The van der Waals surface area contributed by atoms with Crippen LogP contribution in [0, 0.1) is 6.92 Å². The molecule has 22 heavy (non-hydrogen) atoms. The first-order valence-electron chi connectivity index (χ1n) is 7.44. The van der Waals surface area contributed by atoms with Crippen LogP contribution >= 0.6 is 23.1 Å². The second kappa shape index (κ2) is 5.31. The van der Waals surface area contributed by atoms with Gasteiger partial charge in [0.2, 0.25) is 0 Å². The van der Waals surface area contributed by atoms with E-state index < -0.39 is 0 Å². The summed E-state index contributed by atoms with van der Waals surface area (Å²) in [7, 11) is 0. The summed E-state index contributed by atoms with van der Waals surface area (Å²) in [6.45, 7) is 1.84. The Morgan fingerprint density at radius 2 is 2.05 bits per heavy atom. The average Bonchev–Trinajstić information content (AvgIpc) is 3.17. The normalized spacial score (nSPS) is 27.4. The second-order valence-corrected chi connectivity index (χ2v) is 7.24. The fourth-order valence-corrected chi connectivity index (χ4v) is 4.50. The molecule has 0 N–H and O–H groups in total. The van der Waals surface area contributed by atoms with Crippen LogP contribution in [-0.4, -0.2) is 42.3 Å². The maximum Gasteiger partial charge on any atom is 0.268 e. The van der Waals surface area contributed by atoms with Gasteiger partial charge in [-0.3, -0.25) is 9.48 Å². The van der Waals surface area contributed by atoms with Crippen LogP contribution in [0.1, 0.15) is 47.1 Å². The summed E-state index contributed by atoms with van der Waals surface area (Å²) in [5, 5.41) is 8.96. The number of carbonyl (C=O) groups is 1. The van der Waals surface area contributed by atoms with Gasteiger partial charge in [-0.25, -0.2) is 0 Å². The molecule has 116 valence electrons. The molecule has 8 heteroatoms. The summed E-state index contributed by atoms with van der Waals surface area (Å²) in [6.07, 6.45) is 7.55. The molecule has 6 nitrogen and oxygen atoms in total. The third kappa shape index (κ3) is 2.23. The Labute approximate surface area is 137 Å². The Morgan fingerprint density at radius 1 is 1.32 bits per heavy atom. The van der Waals surface area contributed by atoms with Gasteiger partial charge in [-0.15, -0.1) is 5.10 Å². The summed E-state index contributed by atoms with van der Waals surface area (Å²) in [4.78, 5) is 15.5. The first kappa shape index (κ1) is 14.1. The minimum absolute atomic E-state index is 0.0944.